The second-order valence-electron chi connectivity index (χ2n) is 6.58. The lowest BCUT2D eigenvalue weighted by Gasteiger charge is -2.15. The number of aromatic amines is 1. The number of benzene rings is 2. The number of hydrogen-bond acceptors (Lipinski definition) is 4. The lowest BCUT2D eigenvalue weighted by molar-refractivity contribution is 0.478. The van der Waals surface area contributed by atoms with Crippen LogP contribution in [0.5, 0.6) is 5.75 Å². The minimum atomic E-state index is -0.171. The average Bonchev–Trinajstić information content (AvgIpc) is 3.15. The van der Waals surface area contributed by atoms with Gasteiger partial charge in [-0.05, 0) is 41.5 Å². The number of nitrogens with two attached hydrogens (primary N) is 1. The number of rotatable bonds is 4. The van der Waals surface area contributed by atoms with Gasteiger partial charge in [0.05, 0.1) is 10.5 Å². The molecular formula is C21H20Cl2N2O2S. The summed E-state index contributed by atoms with van der Waals surface area (Å²) >= 11 is 7.70. The molecular weight excluding hydrogens is 415 g/mol. The van der Waals surface area contributed by atoms with Gasteiger partial charge in [-0.3, -0.25) is 4.79 Å². The standard InChI is InChI=1S/C21H19ClN2O2S.ClH/c1-2-11(10-23)12-3-5-13(6-4-12)17-16(25)9-15(22)19-18(17)14-7-8-27-20(14)21(26)24-19;/h3-9,11,25H,2,10,23H2,1H3,(H,24,26);1H. The number of pyridine rings is 1. The van der Waals surface area contributed by atoms with Crippen LogP contribution < -0.4 is 11.3 Å². The van der Waals surface area contributed by atoms with Crippen LogP contribution in [0.1, 0.15) is 24.8 Å². The third kappa shape index (κ3) is 3.29. The number of fused-ring (bicyclic) bond motifs is 3. The van der Waals surface area contributed by atoms with Crippen LogP contribution in [0.2, 0.25) is 5.02 Å². The molecule has 28 heavy (non-hydrogen) atoms. The number of aromatic nitrogens is 1. The molecule has 2 aromatic heterocycles. The van der Waals surface area contributed by atoms with E-state index in [9.17, 15) is 9.90 Å². The Labute approximate surface area is 177 Å². The zero-order valence-electron chi connectivity index (χ0n) is 15.2. The van der Waals surface area contributed by atoms with Crippen LogP contribution in [-0.4, -0.2) is 16.6 Å². The normalized spacial score (nSPS) is 12.2. The topological polar surface area (TPSA) is 79.1 Å². The van der Waals surface area contributed by atoms with Crippen LogP contribution in [0.4, 0.5) is 0 Å². The smallest absolute Gasteiger partial charge is 0.266 e. The van der Waals surface area contributed by atoms with E-state index in [1.807, 2.05) is 35.7 Å². The summed E-state index contributed by atoms with van der Waals surface area (Å²) in [6, 6.07) is 11.4. The van der Waals surface area contributed by atoms with E-state index >= 15 is 0 Å². The van der Waals surface area contributed by atoms with E-state index < -0.39 is 0 Å². The van der Waals surface area contributed by atoms with Gasteiger partial charge in [-0.2, -0.15) is 0 Å². The highest BCUT2D eigenvalue weighted by Gasteiger charge is 2.18. The minimum absolute atomic E-state index is 0. The van der Waals surface area contributed by atoms with E-state index in [-0.39, 0.29) is 23.7 Å². The fourth-order valence-corrected chi connectivity index (χ4v) is 4.67. The lowest BCUT2D eigenvalue weighted by atomic mass is 9.92. The molecule has 4 N–H and O–H groups in total. The molecule has 0 fully saturated rings. The Hall–Kier alpha value is -2.05. The molecule has 1 atom stereocenters. The first-order chi connectivity index (χ1) is 13.0. The SMILES string of the molecule is CCC(CN)c1ccc(-c2c(O)cc(Cl)c3[nH]c(=O)c4sccc4c23)cc1.Cl. The van der Waals surface area contributed by atoms with Gasteiger partial charge in [0.1, 0.15) is 10.4 Å². The molecule has 4 rings (SSSR count). The molecule has 0 saturated carbocycles. The van der Waals surface area contributed by atoms with Crippen molar-refractivity contribution in [3.05, 3.63) is 62.7 Å². The summed E-state index contributed by atoms with van der Waals surface area (Å²) in [5.41, 5.74) is 8.94. The maximum atomic E-state index is 12.3. The fraction of sp³-hybridized carbons (Fsp3) is 0.190. The summed E-state index contributed by atoms with van der Waals surface area (Å²) in [4.78, 5) is 15.2. The zero-order valence-corrected chi connectivity index (χ0v) is 17.5. The van der Waals surface area contributed by atoms with E-state index in [0.29, 0.717) is 33.3 Å². The molecule has 0 aliphatic rings. The van der Waals surface area contributed by atoms with E-state index in [4.69, 9.17) is 17.3 Å². The molecule has 1 unspecified atom stereocenters. The van der Waals surface area contributed by atoms with Crippen molar-refractivity contribution in [1.29, 1.82) is 0 Å². The molecule has 2 heterocycles. The fourth-order valence-electron chi connectivity index (χ4n) is 3.63. The van der Waals surface area contributed by atoms with Gasteiger partial charge in [0.15, 0.2) is 0 Å². The number of thiophene rings is 1. The monoisotopic (exact) mass is 434 g/mol. The minimum Gasteiger partial charge on any atom is -0.507 e. The van der Waals surface area contributed by atoms with Gasteiger partial charge >= 0.3 is 0 Å². The summed E-state index contributed by atoms with van der Waals surface area (Å²) < 4.78 is 0.621. The van der Waals surface area contributed by atoms with E-state index in [0.717, 1.165) is 22.8 Å². The van der Waals surface area contributed by atoms with E-state index in [1.165, 1.54) is 23.0 Å². The Balaban J connectivity index is 0.00000225. The van der Waals surface area contributed by atoms with Gasteiger partial charge < -0.3 is 15.8 Å². The second-order valence-corrected chi connectivity index (χ2v) is 7.91. The number of phenols is 1. The van der Waals surface area contributed by atoms with Crippen LogP contribution in [0.25, 0.3) is 32.1 Å². The number of phenolic OH excluding ortho intramolecular Hbond substituents is 1. The van der Waals surface area contributed by atoms with Gasteiger partial charge in [-0.15, -0.1) is 23.7 Å². The maximum absolute atomic E-state index is 12.3. The Morgan fingerprint density at radius 2 is 1.96 bits per heavy atom. The summed E-state index contributed by atoms with van der Waals surface area (Å²) in [7, 11) is 0. The Morgan fingerprint density at radius 3 is 2.61 bits per heavy atom. The van der Waals surface area contributed by atoms with Crippen molar-refractivity contribution in [2.24, 2.45) is 5.73 Å². The van der Waals surface area contributed by atoms with E-state index in [1.54, 1.807) is 0 Å². The van der Waals surface area contributed by atoms with Gasteiger partial charge in [0, 0.05) is 22.4 Å². The largest absolute Gasteiger partial charge is 0.507 e. The highest BCUT2D eigenvalue weighted by atomic mass is 35.5. The summed E-state index contributed by atoms with van der Waals surface area (Å²) in [5, 5.41) is 14.4. The van der Waals surface area contributed by atoms with Crippen molar-refractivity contribution in [3.8, 4) is 16.9 Å². The molecule has 146 valence electrons. The molecule has 0 radical (unpaired) electrons. The molecule has 0 spiro atoms. The Morgan fingerprint density at radius 1 is 1.25 bits per heavy atom. The van der Waals surface area contributed by atoms with Crippen molar-refractivity contribution in [1.82, 2.24) is 4.98 Å². The molecule has 0 bridgehead atoms. The molecule has 7 heteroatoms. The van der Waals surface area contributed by atoms with Gasteiger partial charge in [0.25, 0.3) is 5.56 Å². The van der Waals surface area contributed by atoms with Gasteiger partial charge in [-0.25, -0.2) is 0 Å². The molecule has 0 amide bonds. The van der Waals surface area contributed by atoms with Crippen LogP contribution >= 0.6 is 35.3 Å². The molecule has 2 aromatic carbocycles. The molecule has 4 nitrogen and oxygen atoms in total. The number of aromatic hydroxyl groups is 1. The Kier molecular flexibility index (Phi) is 6.01. The van der Waals surface area contributed by atoms with Crippen molar-refractivity contribution < 1.29 is 5.11 Å². The van der Waals surface area contributed by atoms with E-state index in [2.05, 4.69) is 11.9 Å². The number of halogens is 2. The quantitative estimate of drug-likeness (QED) is 0.388. The third-order valence-corrected chi connectivity index (χ3v) is 6.30. The third-order valence-electron chi connectivity index (χ3n) is 5.09. The van der Waals surface area contributed by atoms with Gasteiger partial charge in [-0.1, -0.05) is 42.8 Å². The van der Waals surface area contributed by atoms with Gasteiger partial charge in [0.2, 0.25) is 0 Å². The van der Waals surface area contributed by atoms with Crippen LogP contribution in [-0.2, 0) is 0 Å². The molecule has 0 aliphatic heterocycles. The van der Waals surface area contributed by atoms with Crippen molar-refractivity contribution in [3.63, 3.8) is 0 Å². The molecule has 0 saturated heterocycles. The summed E-state index contributed by atoms with van der Waals surface area (Å²) in [6.45, 7) is 2.72. The van der Waals surface area contributed by atoms with Crippen LogP contribution in [0.15, 0.2) is 46.6 Å². The lowest BCUT2D eigenvalue weighted by Crippen LogP contribution is -2.11. The first-order valence-corrected chi connectivity index (χ1v) is 10.1. The summed E-state index contributed by atoms with van der Waals surface area (Å²) in [5.74, 6) is 0.403. The highest BCUT2D eigenvalue weighted by molar-refractivity contribution is 7.17. The van der Waals surface area contributed by atoms with Crippen molar-refractivity contribution in [2.75, 3.05) is 6.54 Å². The average molecular weight is 435 g/mol. The second kappa shape index (κ2) is 8.13. The zero-order chi connectivity index (χ0) is 19.1. The number of H-pyrrole nitrogens is 1. The molecule has 0 aliphatic carbocycles. The summed E-state index contributed by atoms with van der Waals surface area (Å²) in [6.07, 6.45) is 0.974. The predicted octanol–water partition coefficient (Wildman–Crippen LogP) is 5.64. The number of hydrogen-bond donors (Lipinski definition) is 3. The number of nitrogens with one attached hydrogen (secondary N) is 1. The predicted molar refractivity (Wildman–Crippen MR) is 121 cm³/mol. The first-order valence-electron chi connectivity index (χ1n) is 8.80. The molecule has 4 aromatic rings. The van der Waals surface area contributed by atoms with Crippen molar-refractivity contribution in [2.45, 2.75) is 19.3 Å². The Bertz CT molecular complexity index is 1200. The van der Waals surface area contributed by atoms with Crippen LogP contribution in [0, 0.1) is 0 Å². The maximum Gasteiger partial charge on any atom is 0.266 e. The highest BCUT2D eigenvalue weighted by Crippen LogP contribution is 2.42. The first kappa shape index (κ1) is 20.7. The van der Waals surface area contributed by atoms with Crippen LogP contribution in [0.3, 0.4) is 0 Å². The van der Waals surface area contributed by atoms with Crippen molar-refractivity contribution >= 4 is 56.3 Å².